The third-order valence-electron chi connectivity index (χ3n) is 1.61. The molecule has 0 aromatic rings. The topological polar surface area (TPSA) is 46.5 Å². The molecule has 0 fully saturated rings. The van der Waals surface area contributed by atoms with Crippen molar-refractivity contribution in [3.05, 3.63) is 0 Å². The highest BCUT2D eigenvalue weighted by atomic mass is 19.4. The van der Waals surface area contributed by atoms with Gasteiger partial charge in [-0.3, -0.25) is 4.79 Å². The van der Waals surface area contributed by atoms with Crippen LogP contribution in [0.1, 0.15) is 13.3 Å². The molecule has 6 heteroatoms. The molecule has 2 atom stereocenters. The van der Waals surface area contributed by atoms with Gasteiger partial charge in [-0.15, -0.1) is 0 Å². The van der Waals surface area contributed by atoms with Gasteiger partial charge in [0, 0.05) is 0 Å². The second-order valence-electron chi connectivity index (χ2n) is 2.52. The predicted octanol–water partition coefficient (Wildman–Crippen LogP) is 1.11. The number of alkyl halides is 3. The highest BCUT2D eigenvalue weighted by Gasteiger charge is 2.49. The number of methoxy groups -OCH3 is 1. The summed E-state index contributed by atoms with van der Waals surface area (Å²) < 4.78 is 40.3. The highest BCUT2D eigenvalue weighted by Crippen LogP contribution is 2.30. The van der Waals surface area contributed by atoms with Crippen LogP contribution in [0.4, 0.5) is 13.2 Å². The van der Waals surface area contributed by atoms with Gasteiger partial charge in [-0.1, -0.05) is 6.92 Å². The van der Waals surface area contributed by atoms with Crippen LogP contribution < -0.4 is 0 Å². The van der Waals surface area contributed by atoms with E-state index in [4.69, 9.17) is 5.11 Å². The normalized spacial score (nSPS) is 16.5. The third kappa shape index (κ3) is 3.22. The zero-order valence-corrected chi connectivity index (χ0v) is 7.26. The van der Waals surface area contributed by atoms with Crippen LogP contribution in [0.2, 0.25) is 0 Å². The monoisotopic (exact) mass is 200 g/mol. The van der Waals surface area contributed by atoms with E-state index in [1.807, 2.05) is 0 Å². The molecule has 0 rings (SSSR count). The maximum Gasteiger partial charge on any atom is 0.404 e. The Morgan fingerprint density at radius 3 is 2.23 bits per heavy atom. The molecular formula is C7H11F3O3. The van der Waals surface area contributed by atoms with Crippen molar-refractivity contribution in [1.82, 2.24) is 0 Å². The van der Waals surface area contributed by atoms with Crippen LogP contribution in [0.5, 0.6) is 0 Å². The van der Waals surface area contributed by atoms with Crippen LogP contribution in [0, 0.1) is 5.92 Å². The van der Waals surface area contributed by atoms with Crippen LogP contribution in [-0.2, 0) is 9.53 Å². The van der Waals surface area contributed by atoms with Gasteiger partial charge in [0.05, 0.1) is 13.2 Å². The maximum atomic E-state index is 12.1. The Balaban J connectivity index is 4.65. The van der Waals surface area contributed by atoms with Crippen LogP contribution in [0.25, 0.3) is 0 Å². The fourth-order valence-corrected chi connectivity index (χ4v) is 0.872. The molecule has 0 amide bonds. The molecular weight excluding hydrogens is 189 g/mol. The Labute approximate surface area is 73.5 Å². The standard InChI is InChI=1S/C7H11F3O3/c1-3-4(11)5(6(12)13-2)7(8,9)10/h4-5,11H,3H2,1-2H3/t4-,5+/m0/s1. The third-order valence-corrected chi connectivity index (χ3v) is 1.61. The van der Waals surface area contributed by atoms with Gasteiger partial charge in [0.15, 0.2) is 5.92 Å². The highest BCUT2D eigenvalue weighted by molar-refractivity contribution is 5.73. The fourth-order valence-electron chi connectivity index (χ4n) is 0.872. The average Bonchev–Trinajstić information content (AvgIpc) is 2.01. The molecule has 13 heavy (non-hydrogen) atoms. The molecule has 0 saturated carbocycles. The lowest BCUT2D eigenvalue weighted by atomic mass is 10.0. The van der Waals surface area contributed by atoms with E-state index in [0.29, 0.717) is 0 Å². The first-order valence-corrected chi connectivity index (χ1v) is 3.67. The Morgan fingerprint density at radius 2 is 2.00 bits per heavy atom. The minimum absolute atomic E-state index is 0.153. The van der Waals surface area contributed by atoms with E-state index in [2.05, 4.69) is 4.74 Å². The van der Waals surface area contributed by atoms with E-state index in [9.17, 15) is 18.0 Å². The second-order valence-corrected chi connectivity index (χ2v) is 2.52. The molecule has 1 N–H and O–H groups in total. The number of carbonyl (C=O) groups excluding carboxylic acids is 1. The van der Waals surface area contributed by atoms with Crippen molar-refractivity contribution < 1.29 is 27.8 Å². The molecule has 0 unspecified atom stereocenters. The summed E-state index contributed by atoms with van der Waals surface area (Å²) in [6, 6.07) is 0. The van der Waals surface area contributed by atoms with Crippen molar-refractivity contribution in [2.24, 2.45) is 5.92 Å². The first-order chi connectivity index (χ1) is 5.84. The van der Waals surface area contributed by atoms with Crippen molar-refractivity contribution in [3.63, 3.8) is 0 Å². The molecule has 0 aliphatic rings. The van der Waals surface area contributed by atoms with Crippen LogP contribution in [0.3, 0.4) is 0 Å². The van der Waals surface area contributed by atoms with E-state index in [-0.39, 0.29) is 6.42 Å². The fraction of sp³-hybridized carbons (Fsp3) is 0.857. The molecule has 0 saturated heterocycles. The van der Waals surface area contributed by atoms with E-state index >= 15 is 0 Å². The summed E-state index contributed by atoms with van der Waals surface area (Å²) in [5.74, 6) is -3.90. The minimum Gasteiger partial charge on any atom is -0.468 e. The zero-order valence-electron chi connectivity index (χ0n) is 7.26. The lowest BCUT2D eigenvalue weighted by Crippen LogP contribution is -2.40. The summed E-state index contributed by atoms with van der Waals surface area (Å²) in [7, 11) is 0.851. The SMILES string of the molecule is CC[C@H](O)[C@H](C(=O)OC)C(F)(F)F. The lowest BCUT2D eigenvalue weighted by molar-refractivity contribution is -0.213. The van der Waals surface area contributed by atoms with Gasteiger partial charge in [-0.2, -0.15) is 13.2 Å². The molecule has 78 valence electrons. The number of aliphatic hydroxyl groups is 1. The molecule has 0 aliphatic heterocycles. The van der Waals surface area contributed by atoms with Crippen molar-refractivity contribution >= 4 is 5.97 Å². The Bertz CT molecular complexity index is 178. The largest absolute Gasteiger partial charge is 0.468 e. The quantitative estimate of drug-likeness (QED) is 0.694. The lowest BCUT2D eigenvalue weighted by Gasteiger charge is -2.21. The van der Waals surface area contributed by atoms with Gasteiger partial charge >= 0.3 is 12.1 Å². The number of esters is 1. The maximum absolute atomic E-state index is 12.1. The number of rotatable bonds is 3. The van der Waals surface area contributed by atoms with E-state index in [1.165, 1.54) is 6.92 Å². The second kappa shape index (κ2) is 4.45. The molecule has 0 heterocycles. The molecule has 0 radical (unpaired) electrons. The summed E-state index contributed by atoms with van der Waals surface area (Å²) in [4.78, 5) is 10.7. The Kier molecular flexibility index (Phi) is 4.19. The Morgan fingerprint density at radius 1 is 1.54 bits per heavy atom. The molecule has 0 aliphatic carbocycles. The van der Waals surface area contributed by atoms with Crippen molar-refractivity contribution in [1.29, 1.82) is 0 Å². The summed E-state index contributed by atoms with van der Waals surface area (Å²) in [6.07, 6.45) is -6.66. The predicted molar refractivity (Wildman–Crippen MR) is 37.9 cm³/mol. The molecule has 3 nitrogen and oxygen atoms in total. The molecule has 0 aromatic carbocycles. The van der Waals surface area contributed by atoms with Crippen molar-refractivity contribution in [2.75, 3.05) is 7.11 Å². The van der Waals surface area contributed by atoms with E-state index < -0.39 is 24.2 Å². The van der Waals surface area contributed by atoms with Crippen molar-refractivity contribution in [3.8, 4) is 0 Å². The Hall–Kier alpha value is -0.780. The number of hydrogen-bond acceptors (Lipinski definition) is 3. The van der Waals surface area contributed by atoms with Crippen LogP contribution in [0.15, 0.2) is 0 Å². The van der Waals surface area contributed by atoms with E-state index in [0.717, 1.165) is 7.11 Å². The number of carbonyl (C=O) groups is 1. The molecule has 0 bridgehead atoms. The summed E-state index contributed by atoms with van der Waals surface area (Å²) in [6.45, 7) is 1.35. The first-order valence-electron chi connectivity index (χ1n) is 3.67. The van der Waals surface area contributed by atoms with E-state index in [1.54, 1.807) is 0 Å². The van der Waals surface area contributed by atoms with Gasteiger partial charge in [-0.05, 0) is 6.42 Å². The van der Waals surface area contributed by atoms with Crippen LogP contribution >= 0.6 is 0 Å². The molecule has 0 spiro atoms. The van der Waals surface area contributed by atoms with Gasteiger partial charge in [0.2, 0.25) is 0 Å². The number of halogens is 3. The summed E-state index contributed by atoms with van der Waals surface area (Å²) in [5.41, 5.74) is 0. The van der Waals surface area contributed by atoms with Gasteiger partial charge < -0.3 is 9.84 Å². The van der Waals surface area contributed by atoms with Crippen molar-refractivity contribution in [2.45, 2.75) is 25.6 Å². The van der Waals surface area contributed by atoms with Gasteiger partial charge in [0.25, 0.3) is 0 Å². The van der Waals surface area contributed by atoms with Gasteiger partial charge in [0.1, 0.15) is 0 Å². The number of ether oxygens (including phenoxy) is 1. The summed E-state index contributed by atoms with van der Waals surface area (Å²) in [5, 5.41) is 8.93. The number of hydrogen-bond donors (Lipinski definition) is 1. The van der Waals surface area contributed by atoms with Gasteiger partial charge in [-0.25, -0.2) is 0 Å². The number of aliphatic hydroxyl groups excluding tert-OH is 1. The van der Waals surface area contributed by atoms with Crippen LogP contribution in [-0.4, -0.2) is 30.5 Å². The minimum atomic E-state index is -4.76. The smallest absolute Gasteiger partial charge is 0.404 e. The first kappa shape index (κ1) is 12.2. The summed E-state index contributed by atoms with van der Waals surface area (Å²) >= 11 is 0. The zero-order chi connectivity index (χ0) is 10.6. The molecule has 0 aromatic heterocycles. The average molecular weight is 200 g/mol.